The highest BCUT2D eigenvalue weighted by Gasteiger charge is 2.35. The molecule has 7 aromatic rings. The normalized spacial score (nSPS) is 10.8. The summed E-state index contributed by atoms with van der Waals surface area (Å²) in [6, 6.07) is 52.1. The van der Waals surface area contributed by atoms with E-state index in [1.165, 1.54) is 61.2 Å². The monoisotopic (exact) mass is 828 g/mol. The minimum atomic E-state index is -2.23. The SMILES string of the molecule is CCO[n+]1ccccc1-c1c(C)cc(C)cc1C.CCO[n+]1ccccc1-c1c(C)cc(C)cc1C.[O-]B([O-])OCCCC(c1ccccc1)(c1ccccc1)c1ccccc1. The zero-order chi connectivity index (χ0) is 44.5. The summed E-state index contributed by atoms with van der Waals surface area (Å²) in [4.78, 5) is 11.3. The molecule has 62 heavy (non-hydrogen) atoms. The van der Waals surface area contributed by atoms with Crippen LogP contribution in [0.1, 0.15) is 76.8 Å². The molecule has 8 heteroatoms. The van der Waals surface area contributed by atoms with Gasteiger partial charge in [0.15, 0.2) is 13.2 Å². The van der Waals surface area contributed by atoms with Crippen LogP contribution in [0, 0.1) is 41.5 Å². The number of hydrogen-bond acceptors (Lipinski definition) is 5. The average Bonchev–Trinajstić information content (AvgIpc) is 3.26. The molecule has 5 aromatic carbocycles. The lowest BCUT2D eigenvalue weighted by atomic mass is 9.67. The van der Waals surface area contributed by atoms with Gasteiger partial charge in [0.05, 0.1) is 18.4 Å². The summed E-state index contributed by atoms with van der Waals surface area (Å²) >= 11 is 0. The van der Waals surface area contributed by atoms with Crippen molar-refractivity contribution in [2.24, 2.45) is 0 Å². The fraction of sp³-hybridized carbons (Fsp3) is 0.259. The molecule has 2 heterocycles. The molecule has 7 rings (SSSR count). The third-order valence-electron chi connectivity index (χ3n) is 10.8. The van der Waals surface area contributed by atoms with Gasteiger partial charge in [0.1, 0.15) is 0 Å². The summed E-state index contributed by atoms with van der Waals surface area (Å²) in [7, 11) is -2.23. The Morgan fingerprint density at radius 3 is 1.15 bits per heavy atom. The molecule has 0 atom stereocenters. The van der Waals surface area contributed by atoms with Crippen molar-refractivity contribution in [1.82, 2.24) is 0 Å². The fourth-order valence-electron chi connectivity index (χ4n) is 8.53. The van der Waals surface area contributed by atoms with Crippen LogP contribution in [-0.4, -0.2) is 27.1 Å². The zero-order valence-corrected chi connectivity index (χ0v) is 37.6. The minimum Gasteiger partial charge on any atom is -0.871 e. The van der Waals surface area contributed by atoms with Crippen LogP contribution in [0.5, 0.6) is 0 Å². The van der Waals surface area contributed by atoms with Gasteiger partial charge in [-0.1, -0.05) is 126 Å². The quantitative estimate of drug-likeness (QED) is 0.0476. The van der Waals surface area contributed by atoms with Crippen molar-refractivity contribution in [1.29, 1.82) is 0 Å². The Morgan fingerprint density at radius 1 is 0.484 bits per heavy atom. The van der Waals surface area contributed by atoms with Crippen LogP contribution in [0.2, 0.25) is 0 Å². The van der Waals surface area contributed by atoms with Gasteiger partial charge in [0.25, 0.3) is 11.4 Å². The molecule has 0 amide bonds. The second-order valence-corrected chi connectivity index (χ2v) is 15.5. The van der Waals surface area contributed by atoms with Crippen molar-refractivity contribution in [3.63, 3.8) is 0 Å². The summed E-state index contributed by atoms with van der Waals surface area (Å²) in [6.07, 6.45) is 5.26. The Hall–Kier alpha value is -6.06. The highest BCUT2D eigenvalue weighted by molar-refractivity contribution is 6.28. The van der Waals surface area contributed by atoms with Crippen LogP contribution < -0.4 is 29.2 Å². The third kappa shape index (κ3) is 12.1. The second-order valence-electron chi connectivity index (χ2n) is 15.5. The van der Waals surface area contributed by atoms with E-state index in [2.05, 4.69) is 114 Å². The summed E-state index contributed by atoms with van der Waals surface area (Å²) in [5.41, 5.74) is 15.6. The lowest BCUT2D eigenvalue weighted by Gasteiger charge is -2.37. The van der Waals surface area contributed by atoms with Crippen molar-refractivity contribution >= 4 is 7.32 Å². The van der Waals surface area contributed by atoms with Crippen molar-refractivity contribution in [3.05, 3.63) is 214 Å². The molecule has 0 N–H and O–H groups in total. The molecule has 0 aliphatic rings. The molecular formula is C54H61BN2O5. The van der Waals surface area contributed by atoms with E-state index in [0.29, 0.717) is 19.6 Å². The Labute approximate surface area is 370 Å². The molecule has 2 aromatic heterocycles. The molecule has 0 bridgehead atoms. The van der Waals surface area contributed by atoms with Gasteiger partial charge < -0.3 is 14.7 Å². The van der Waals surface area contributed by atoms with E-state index >= 15 is 0 Å². The first-order valence-electron chi connectivity index (χ1n) is 21.5. The Morgan fingerprint density at radius 2 is 0.823 bits per heavy atom. The number of hydrogen-bond donors (Lipinski definition) is 0. The maximum atomic E-state index is 10.7. The van der Waals surface area contributed by atoms with E-state index in [1.807, 2.05) is 115 Å². The Balaban J connectivity index is 0.000000181. The molecule has 320 valence electrons. The van der Waals surface area contributed by atoms with Gasteiger partial charge in [-0.2, -0.15) is 0 Å². The molecule has 0 saturated carbocycles. The molecule has 0 unspecified atom stereocenters. The van der Waals surface area contributed by atoms with Crippen LogP contribution >= 0.6 is 0 Å². The van der Waals surface area contributed by atoms with Gasteiger partial charge in [-0.25, -0.2) is 0 Å². The number of rotatable bonds is 14. The van der Waals surface area contributed by atoms with E-state index in [-0.39, 0.29) is 12.0 Å². The third-order valence-corrected chi connectivity index (χ3v) is 10.8. The number of benzene rings is 5. The lowest BCUT2D eigenvalue weighted by Crippen LogP contribution is -2.48. The number of aromatic nitrogens is 2. The Kier molecular flexibility index (Phi) is 17.6. The van der Waals surface area contributed by atoms with Gasteiger partial charge in [-0.05, 0) is 119 Å². The van der Waals surface area contributed by atoms with Crippen molar-refractivity contribution in [2.75, 3.05) is 19.8 Å². The highest BCUT2D eigenvalue weighted by Crippen LogP contribution is 2.43. The predicted molar refractivity (Wildman–Crippen MR) is 247 cm³/mol. The van der Waals surface area contributed by atoms with Crippen LogP contribution in [0.4, 0.5) is 0 Å². The van der Waals surface area contributed by atoms with Gasteiger partial charge in [0, 0.05) is 45.7 Å². The first-order valence-corrected chi connectivity index (χ1v) is 21.5. The van der Waals surface area contributed by atoms with Gasteiger partial charge in [0.2, 0.25) is 12.4 Å². The minimum absolute atomic E-state index is 0.159. The summed E-state index contributed by atoms with van der Waals surface area (Å²) < 4.78 is 8.44. The molecule has 0 aliphatic carbocycles. The molecule has 0 fully saturated rings. The average molecular weight is 829 g/mol. The maximum Gasteiger partial charge on any atom is 0.265 e. The van der Waals surface area contributed by atoms with Crippen molar-refractivity contribution in [3.8, 4) is 22.5 Å². The largest absolute Gasteiger partial charge is 0.871 e. The van der Waals surface area contributed by atoms with Gasteiger partial charge >= 0.3 is 0 Å². The van der Waals surface area contributed by atoms with Crippen molar-refractivity contribution < 1.29 is 33.8 Å². The molecule has 0 spiro atoms. The van der Waals surface area contributed by atoms with E-state index in [1.54, 1.807) is 0 Å². The van der Waals surface area contributed by atoms with Crippen LogP contribution in [0.25, 0.3) is 22.5 Å². The van der Waals surface area contributed by atoms with E-state index in [4.69, 9.17) is 14.3 Å². The molecule has 0 radical (unpaired) electrons. The predicted octanol–water partition coefficient (Wildman–Crippen LogP) is 8.55. The molecule has 0 aliphatic heterocycles. The number of pyridine rings is 2. The molecule has 0 saturated heterocycles. The molecular weight excluding hydrogens is 767 g/mol. The maximum absolute atomic E-state index is 10.7. The number of nitrogens with zero attached hydrogens (tertiary/aromatic N) is 2. The summed E-state index contributed by atoms with van der Waals surface area (Å²) in [5, 5.41) is 21.4. The van der Waals surface area contributed by atoms with Crippen LogP contribution in [-0.2, 0) is 10.1 Å². The molecule has 7 nitrogen and oxygen atoms in total. The highest BCUT2D eigenvalue weighted by atomic mass is 16.7. The first kappa shape index (κ1) is 47.0. The smallest absolute Gasteiger partial charge is 0.265 e. The van der Waals surface area contributed by atoms with Crippen molar-refractivity contribution in [2.45, 2.75) is 73.6 Å². The number of aryl methyl sites for hydroxylation is 6. The van der Waals surface area contributed by atoms with E-state index in [0.717, 1.165) is 17.8 Å². The topological polar surface area (TPSA) is 81.6 Å². The van der Waals surface area contributed by atoms with Gasteiger partial charge in [-0.15, -0.1) is 0 Å². The lowest BCUT2D eigenvalue weighted by molar-refractivity contribution is -0.882. The van der Waals surface area contributed by atoms with E-state index < -0.39 is 7.32 Å². The van der Waals surface area contributed by atoms with Gasteiger partial charge in [-0.3, -0.25) is 9.68 Å². The summed E-state index contributed by atoms with van der Waals surface area (Å²) in [6.45, 7) is 18.3. The second kappa shape index (κ2) is 23.2. The standard InChI is InChI=1S/C22H21BO3.2C16H20NO/c24-23(25)26-18-10-17-22(19-11-4-1-5-12-19,20-13-6-2-7-14-20)21-15-8-3-9-16-21;2*1-5-18-17-9-7-6-8-15(17)16-13(3)10-12(2)11-14(16)4/h1-9,11-16H,10,17-18H2;2*6-11H,5H2,1-4H3/q-2;2*+1. The summed E-state index contributed by atoms with van der Waals surface area (Å²) in [5.74, 6) is 0. The Bertz CT molecular complexity index is 2200. The van der Waals surface area contributed by atoms with Crippen LogP contribution in [0.15, 0.2) is 164 Å². The zero-order valence-electron chi connectivity index (χ0n) is 37.6. The van der Waals surface area contributed by atoms with E-state index in [9.17, 15) is 10.0 Å². The fourth-order valence-corrected chi connectivity index (χ4v) is 8.53. The first-order chi connectivity index (χ1) is 30.0. The van der Waals surface area contributed by atoms with Crippen LogP contribution in [0.3, 0.4) is 0 Å².